The molecule has 0 bridgehead atoms. The van der Waals surface area contributed by atoms with E-state index >= 15 is 0 Å². The molecule has 2 aromatic rings. The number of esters is 1. The van der Waals surface area contributed by atoms with Crippen molar-refractivity contribution >= 4 is 24.6 Å². The van der Waals surface area contributed by atoms with E-state index in [4.69, 9.17) is 4.74 Å². The van der Waals surface area contributed by atoms with Gasteiger partial charge in [0, 0.05) is 24.0 Å². The van der Waals surface area contributed by atoms with Crippen LogP contribution in [-0.4, -0.2) is 36.5 Å². The Morgan fingerprint density at radius 1 is 1.00 bits per heavy atom. The summed E-state index contributed by atoms with van der Waals surface area (Å²) in [5.41, 5.74) is -0.226. The molecule has 0 fully saturated rings. The smallest absolute Gasteiger partial charge is 0.416 e. The first-order valence-corrected chi connectivity index (χ1v) is 11.9. The summed E-state index contributed by atoms with van der Waals surface area (Å²) in [4.78, 5) is 12.7. The van der Waals surface area contributed by atoms with Crippen molar-refractivity contribution in [2.75, 3.05) is 25.9 Å². The van der Waals surface area contributed by atoms with Gasteiger partial charge in [-0.1, -0.05) is 56.3 Å². The molecule has 1 unspecified atom stereocenters. The van der Waals surface area contributed by atoms with E-state index in [2.05, 4.69) is 0 Å². The van der Waals surface area contributed by atoms with E-state index in [0.717, 1.165) is 12.1 Å². The summed E-state index contributed by atoms with van der Waals surface area (Å²) < 4.78 is 59.7. The number of halogens is 3. The summed E-state index contributed by atoms with van der Waals surface area (Å²) in [6, 6.07) is 13.4. The van der Waals surface area contributed by atoms with Gasteiger partial charge in [-0.05, 0) is 30.7 Å². The molecule has 1 atom stereocenters. The summed E-state index contributed by atoms with van der Waals surface area (Å²) in [6.07, 6.45) is -3.08. The van der Waals surface area contributed by atoms with Crippen molar-refractivity contribution in [2.45, 2.75) is 26.9 Å². The molecule has 0 aliphatic heterocycles. The van der Waals surface area contributed by atoms with E-state index in [1.807, 2.05) is 24.6 Å². The summed E-state index contributed by atoms with van der Waals surface area (Å²) >= 11 is 0. The van der Waals surface area contributed by atoms with Gasteiger partial charge in [-0.2, -0.15) is 13.2 Å². The molecule has 0 heterocycles. The number of nitrogens with zero attached hydrogens (tertiary/aromatic N) is 1. The molecule has 0 spiro atoms. The van der Waals surface area contributed by atoms with Crippen LogP contribution in [0.1, 0.15) is 31.9 Å². The first-order valence-electron chi connectivity index (χ1n) is 10.1. The zero-order valence-corrected chi connectivity index (χ0v) is 18.7. The lowest BCUT2D eigenvalue weighted by Gasteiger charge is -2.30. The second-order valence-electron chi connectivity index (χ2n) is 6.84. The zero-order valence-electron chi connectivity index (χ0n) is 17.9. The molecular formula is C23H27F3NO3P. The fourth-order valence-electron chi connectivity index (χ4n) is 3.29. The van der Waals surface area contributed by atoms with Gasteiger partial charge in [-0.3, -0.25) is 0 Å². The third-order valence-corrected chi connectivity index (χ3v) is 8.20. The van der Waals surface area contributed by atoms with Crippen LogP contribution in [0.15, 0.2) is 60.2 Å². The van der Waals surface area contributed by atoms with E-state index in [1.165, 1.54) is 18.2 Å². The molecule has 2 aromatic carbocycles. The molecule has 0 aliphatic rings. The molecule has 0 radical (unpaired) electrons. The molecular weight excluding hydrogens is 426 g/mol. The lowest BCUT2D eigenvalue weighted by molar-refractivity contribution is -0.138. The average molecular weight is 453 g/mol. The third kappa shape index (κ3) is 6.31. The van der Waals surface area contributed by atoms with Gasteiger partial charge in [-0.25, -0.2) is 9.46 Å². The van der Waals surface area contributed by atoms with Gasteiger partial charge < -0.3 is 9.30 Å². The highest BCUT2D eigenvalue weighted by Crippen LogP contribution is 2.50. The molecule has 2 rings (SSSR count). The number of hydrogen-bond donors (Lipinski definition) is 0. The van der Waals surface area contributed by atoms with Gasteiger partial charge in [0.2, 0.25) is 0 Å². The Morgan fingerprint density at radius 2 is 1.58 bits per heavy atom. The van der Waals surface area contributed by atoms with Gasteiger partial charge in [0.15, 0.2) is 7.29 Å². The van der Waals surface area contributed by atoms with Crippen LogP contribution in [0.4, 0.5) is 13.2 Å². The SMILES string of the molecule is CCOC(=O)/C(=C/c1ccc(C(F)(F)F)cc1)CP(=O)(c1ccccc1)N(CC)CC. The van der Waals surface area contributed by atoms with Crippen LogP contribution < -0.4 is 5.30 Å². The van der Waals surface area contributed by atoms with Crippen LogP contribution in [0.3, 0.4) is 0 Å². The fourth-order valence-corrected chi connectivity index (χ4v) is 6.23. The Bertz CT molecular complexity index is 937. The topological polar surface area (TPSA) is 46.6 Å². The second kappa shape index (κ2) is 10.8. The molecule has 0 aromatic heterocycles. The lowest BCUT2D eigenvalue weighted by Crippen LogP contribution is -2.29. The van der Waals surface area contributed by atoms with E-state index in [0.29, 0.717) is 24.0 Å². The molecule has 0 N–H and O–H groups in total. The number of rotatable bonds is 9. The van der Waals surface area contributed by atoms with Crippen LogP contribution in [-0.2, 0) is 20.3 Å². The predicted molar refractivity (Wildman–Crippen MR) is 118 cm³/mol. The quantitative estimate of drug-likeness (QED) is 0.282. The van der Waals surface area contributed by atoms with Crippen LogP contribution in [0.5, 0.6) is 0 Å². The van der Waals surface area contributed by atoms with Crippen molar-refractivity contribution in [1.29, 1.82) is 0 Å². The van der Waals surface area contributed by atoms with Crippen LogP contribution in [0, 0.1) is 0 Å². The van der Waals surface area contributed by atoms with Crippen LogP contribution in [0.2, 0.25) is 0 Å². The molecule has 4 nitrogen and oxygen atoms in total. The number of hydrogen-bond acceptors (Lipinski definition) is 3. The summed E-state index contributed by atoms with van der Waals surface area (Å²) in [6.45, 7) is 6.60. The van der Waals surface area contributed by atoms with Crippen molar-refractivity contribution in [2.24, 2.45) is 0 Å². The molecule has 8 heteroatoms. The average Bonchev–Trinajstić information content (AvgIpc) is 2.74. The minimum Gasteiger partial charge on any atom is -0.463 e. The Kier molecular flexibility index (Phi) is 8.66. The van der Waals surface area contributed by atoms with Gasteiger partial charge >= 0.3 is 12.1 Å². The van der Waals surface area contributed by atoms with E-state index < -0.39 is 25.0 Å². The van der Waals surface area contributed by atoms with Crippen molar-refractivity contribution in [3.05, 3.63) is 71.3 Å². The van der Waals surface area contributed by atoms with Crippen molar-refractivity contribution in [3.63, 3.8) is 0 Å². The maximum Gasteiger partial charge on any atom is 0.416 e. The van der Waals surface area contributed by atoms with E-state index in [-0.39, 0.29) is 18.3 Å². The predicted octanol–water partition coefficient (Wildman–Crippen LogP) is 5.60. The monoisotopic (exact) mass is 453 g/mol. The first kappa shape index (κ1) is 24.9. The van der Waals surface area contributed by atoms with Crippen molar-refractivity contribution < 1.29 is 27.3 Å². The maximum absolute atomic E-state index is 14.2. The van der Waals surface area contributed by atoms with Gasteiger partial charge in [0.05, 0.1) is 18.3 Å². The standard InChI is InChI=1S/C23H27F3NO3P/c1-4-27(5-2)31(29,21-10-8-7-9-11-21)17-19(22(28)30-6-3)16-18-12-14-20(15-13-18)23(24,25)26/h7-16H,4-6,17H2,1-3H3/b19-16+. The summed E-state index contributed by atoms with van der Waals surface area (Å²) in [7, 11) is -3.20. The fraction of sp³-hybridized carbons (Fsp3) is 0.348. The molecule has 168 valence electrons. The third-order valence-electron chi connectivity index (χ3n) is 4.85. The number of carbonyl (C=O) groups is 1. The first-order chi connectivity index (χ1) is 14.7. The Hall–Kier alpha value is -2.37. The normalized spacial score (nSPS) is 14.4. The molecule has 0 saturated carbocycles. The van der Waals surface area contributed by atoms with Crippen molar-refractivity contribution in [1.82, 2.24) is 4.67 Å². The number of carbonyl (C=O) groups excluding carboxylic acids is 1. The minimum atomic E-state index is -4.45. The Morgan fingerprint density at radius 3 is 2.06 bits per heavy atom. The molecule has 0 amide bonds. The van der Waals surface area contributed by atoms with Gasteiger partial charge in [-0.15, -0.1) is 0 Å². The van der Waals surface area contributed by atoms with Gasteiger partial charge in [0.1, 0.15) is 0 Å². The molecule has 0 saturated heterocycles. The highest BCUT2D eigenvalue weighted by atomic mass is 31.2. The van der Waals surface area contributed by atoms with Gasteiger partial charge in [0.25, 0.3) is 0 Å². The highest BCUT2D eigenvalue weighted by molar-refractivity contribution is 7.69. The maximum atomic E-state index is 14.2. The van der Waals surface area contributed by atoms with Crippen molar-refractivity contribution in [3.8, 4) is 0 Å². The van der Waals surface area contributed by atoms with E-state index in [1.54, 1.807) is 31.2 Å². The number of alkyl halides is 3. The zero-order chi connectivity index (χ0) is 23.1. The Labute approximate surface area is 181 Å². The molecule has 0 aliphatic carbocycles. The lowest BCUT2D eigenvalue weighted by atomic mass is 10.1. The minimum absolute atomic E-state index is 0.0848. The molecule has 31 heavy (non-hydrogen) atoms. The van der Waals surface area contributed by atoms with E-state index in [9.17, 15) is 22.5 Å². The summed E-state index contributed by atoms with van der Waals surface area (Å²) in [5.74, 6) is -0.634. The second-order valence-corrected chi connectivity index (χ2v) is 9.65. The van der Waals surface area contributed by atoms with Crippen LogP contribution >= 0.6 is 7.29 Å². The Balaban J connectivity index is 2.52. The summed E-state index contributed by atoms with van der Waals surface area (Å²) in [5, 5.41) is 0.612. The largest absolute Gasteiger partial charge is 0.463 e. The van der Waals surface area contributed by atoms with Crippen LogP contribution in [0.25, 0.3) is 6.08 Å². The number of ether oxygens (including phenoxy) is 1. The number of benzene rings is 2. The highest BCUT2D eigenvalue weighted by Gasteiger charge is 2.34.